The Morgan fingerprint density at radius 3 is 2.70 bits per heavy atom. The second-order valence-electron chi connectivity index (χ2n) is 2.04. The predicted octanol–water partition coefficient (Wildman–Crippen LogP) is 1.99. The first kappa shape index (κ1) is 5.56. The number of hydrogen-bond acceptors (Lipinski definition) is 3. The van der Waals surface area contributed by atoms with Crippen molar-refractivity contribution in [3.63, 3.8) is 0 Å². The minimum atomic E-state index is 0.00981. The lowest BCUT2D eigenvalue weighted by atomic mass is 10.2. The maximum atomic E-state index is 9.04. The summed E-state index contributed by atoms with van der Waals surface area (Å²) in [6, 6.07) is 7.29. The summed E-state index contributed by atoms with van der Waals surface area (Å²) >= 11 is 0. The van der Waals surface area contributed by atoms with Crippen LogP contribution in [-0.2, 0) is 0 Å². The van der Waals surface area contributed by atoms with Crippen LogP contribution in [0, 0.1) is 6.23 Å². The largest absolute Gasteiger partial charge is 0.360 e. The van der Waals surface area contributed by atoms with Crippen molar-refractivity contribution in [3.05, 3.63) is 36.1 Å². The smallest absolute Gasteiger partial charge is 0.261 e. The molecule has 0 aliphatic carbocycles. The van der Waals surface area contributed by atoms with Gasteiger partial charge in [0.25, 0.3) is 6.23 Å². The molecule has 0 bridgehead atoms. The lowest BCUT2D eigenvalue weighted by Gasteiger charge is -1.94. The second kappa shape index (κ2) is 1.88. The van der Waals surface area contributed by atoms with Gasteiger partial charge in [-0.2, -0.15) is 5.11 Å². The molecule has 1 aliphatic rings. The first-order chi connectivity index (χ1) is 4.88. The van der Waals surface area contributed by atoms with Crippen molar-refractivity contribution in [3.8, 4) is 0 Å². The van der Waals surface area contributed by atoms with E-state index in [1.165, 1.54) is 0 Å². The molecule has 0 fully saturated rings. The van der Waals surface area contributed by atoms with Gasteiger partial charge in [-0.15, -0.1) is 5.11 Å². The van der Waals surface area contributed by atoms with Gasteiger partial charge < -0.3 is 5.11 Å². The van der Waals surface area contributed by atoms with E-state index in [-0.39, 0.29) is 6.23 Å². The molecule has 2 rings (SSSR count). The van der Waals surface area contributed by atoms with Crippen LogP contribution in [0.5, 0.6) is 0 Å². The average Bonchev–Trinajstić information content (AvgIpc) is 2.34. The quantitative estimate of drug-likeness (QED) is 0.577. The lowest BCUT2D eigenvalue weighted by molar-refractivity contribution is 0.332. The Labute approximate surface area is 58.0 Å². The number of nitrogens with zero attached hydrogens (tertiary/aromatic N) is 2. The Hall–Kier alpha value is -1.22. The molecule has 0 amide bonds. The molecule has 10 heavy (non-hydrogen) atoms. The molecule has 1 aliphatic heterocycles. The summed E-state index contributed by atoms with van der Waals surface area (Å²) in [6.45, 7) is 0. The summed E-state index contributed by atoms with van der Waals surface area (Å²) in [5.74, 6) is 0. The minimum absolute atomic E-state index is 0.00981. The van der Waals surface area contributed by atoms with Gasteiger partial charge in [-0.25, -0.2) is 0 Å². The average molecular weight is 133 g/mol. The summed E-state index contributed by atoms with van der Waals surface area (Å²) in [6.07, 6.45) is 0.00981. The first-order valence-electron chi connectivity index (χ1n) is 2.95. The number of hydrogen-bond donors (Lipinski definition) is 1. The van der Waals surface area contributed by atoms with Gasteiger partial charge in [0.05, 0.1) is 5.69 Å². The molecular formula is C7H5N2O. The van der Waals surface area contributed by atoms with Crippen LogP contribution in [0.15, 0.2) is 34.5 Å². The Balaban J connectivity index is 2.59. The van der Waals surface area contributed by atoms with Crippen molar-refractivity contribution in [1.82, 2.24) is 0 Å². The van der Waals surface area contributed by atoms with E-state index >= 15 is 0 Å². The molecule has 1 N–H and O–H groups in total. The molecule has 1 aromatic rings. The summed E-state index contributed by atoms with van der Waals surface area (Å²) in [5.41, 5.74) is 1.45. The van der Waals surface area contributed by atoms with Crippen LogP contribution in [0.3, 0.4) is 0 Å². The highest BCUT2D eigenvalue weighted by molar-refractivity contribution is 5.53. The van der Waals surface area contributed by atoms with Crippen LogP contribution in [-0.4, -0.2) is 5.11 Å². The van der Waals surface area contributed by atoms with Gasteiger partial charge in [0.15, 0.2) is 0 Å². The lowest BCUT2D eigenvalue weighted by Crippen LogP contribution is -1.87. The molecule has 1 aromatic carbocycles. The summed E-state index contributed by atoms with van der Waals surface area (Å²) in [7, 11) is 0. The maximum absolute atomic E-state index is 9.04. The van der Waals surface area contributed by atoms with Gasteiger partial charge in [-0.1, -0.05) is 18.2 Å². The van der Waals surface area contributed by atoms with Crippen molar-refractivity contribution in [1.29, 1.82) is 0 Å². The number of aliphatic hydroxyl groups is 1. The van der Waals surface area contributed by atoms with Crippen LogP contribution in [0.1, 0.15) is 5.56 Å². The van der Waals surface area contributed by atoms with Crippen molar-refractivity contribution in [2.24, 2.45) is 10.2 Å². The topological polar surface area (TPSA) is 45.0 Å². The maximum Gasteiger partial charge on any atom is 0.261 e. The van der Waals surface area contributed by atoms with Gasteiger partial charge in [-0.3, -0.25) is 0 Å². The predicted molar refractivity (Wildman–Crippen MR) is 35.2 cm³/mol. The molecule has 0 atom stereocenters. The molecule has 0 saturated carbocycles. The summed E-state index contributed by atoms with van der Waals surface area (Å²) < 4.78 is 0. The number of fused-ring (bicyclic) bond motifs is 1. The van der Waals surface area contributed by atoms with Gasteiger partial charge in [0.2, 0.25) is 0 Å². The van der Waals surface area contributed by atoms with E-state index in [4.69, 9.17) is 5.11 Å². The molecule has 1 radical (unpaired) electrons. The molecule has 0 aromatic heterocycles. The molecule has 1 heterocycles. The van der Waals surface area contributed by atoms with Crippen LogP contribution in [0.2, 0.25) is 0 Å². The SMILES string of the molecule is O[C]1N=Nc2ccccc21. The fourth-order valence-corrected chi connectivity index (χ4v) is 0.905. The highest BCUT2D eigenvalue weighted by Gasteiger charge is 2.17. The van der Waals surface area contributed by atoms with Gasteiger partial charge in [-0.05, 0) is 6.07 Å². The van der Waals surface area contributed by atoms with E-state index in [2.05, 4.69) is 10.2 Å². The van der Waals surface area contributed by atoms with E-state index in [9.17, 15) is 0 Å². The van der Waals surface area contributed by atoms with Crippen LogP contribution in [0.25, 0.3) is 0 Å². The van der Waals surface area contributed by atoms with E-state index in [0.29, 0.717) is 5.56 Å². The third kappa shape index (κ3) is 0.642. The third-order valence-electron chi connectivity index (χ3n) is 1.40. The second-order valence-corrected chi connectivity index (χ2v) is 2.04. The molecule has 0 spiro atoms. The normalized spacial score (nSPS) is 15.7. The molecule has 0 saturated heterocycles. The number of benzene rings is 1. The number of aliphatic hydroxyl groups excluding tert-OH is 1. The molecule has 3 heteroatoms. The summed E-state index contributed by atoms with van der Waals surface area (Å²) in [4.78, 5) is 0. The first-order valence-corrected chi connectivity index (χ1v) is 2.95. The van der Waals surface area contributed by atoms with Crippen molar-refractivity contribution in [2.75, 3.05) is 0 Å². The van der Waals surface area contributed by atoms with Gasteiger partial charge in [0, 0.05) is 5.56 Å². The Kier molecular flexibility index (Phi) is 1.05. The molecule has 3 nitrogen and oxygen atoms in total. The fourth-order valence-electron chi connectivity index (χ4n) is 0.905. The van der Waals surface area contributed by atoms with Crippen molar-refractivity contribution >= 4 is 5.69 Å². The Bertz CT molecular complexity index is 283. The van der Waals surface area contributed by atoms with Crippen molar-refractivity contribution in [2.45, 2.75) is 0 Å². The molecule has 49 valence electrons. The van der Waals surface area contributed by atoms with E-state index in [0.717, 1.165) is 5.69 Å². The van der Waals surface area contributed by atoms with Crippen LogP contribution < -0.4 is 0 Å². The number of rotatable bonds is 0. The van der Waals surface area contributed by atoms with E-state index < -0.39 is 0 Å². The zero-order chi connectivity index (χ0) is 6.97. The Morgan fingerprint density at radius 1 is 1.10 bits per heavy atom. The fraction of sp³-hybridized carbons (Fsp3) is 0. The zero-order valence-electron chi connectivity index (χ0n) is 5.15. The monoisotopic (exact) mass is 133 g/mol. The van der Waals surface area contributed by atoms with Gasteiger partial charge in [0.1, 0.15) is 0 Å². The number of azo groups is 1. The van der Waals surface area contributed by atoms with Crippen LogP contribution in [0.4, 0.5) is 5.69 Å². The standard InChI is InChI=1S/C7H5N2O/c10-7-5-3-1-2-4-6(5)8-9-7/h1-4,10H. The zero-order valence-corrected chi connectivity index (χ0v) is 5.15. The summed E-state index contributed by atoms with van der Waals surface area (Å²) in [5, 5.41) is 16.3. The van der Waals surface area contributed by atoms with E-state index in [1.54, 1.807) is 6.07 Å². The van der Waals surface area contributed by atoms with Crippen LogP contribution >= 0.6 is 0 Å². The van der Waals surface area contributed by atoms with E-state index in [1.807, 2.05) is 18.2 Å². The van der Waals surface area contributed by atoms with Gasteiger partial charge >= 0.3 is 0 Å². The minimum Gasteiger partial charge on any atom is -0.360 e. The highest BCUT2D eigenvalue weighted by Crippen LogP contribution is 2.32. The molecular weight excluding hydrogens is 128 g/mol. The molecule has 0 unspecified atom stereocenters. The highest BCUT2D eigenvalue weighted by atomic mass is 16.3. The van der Waals surface area contributed by atoms with Crippen molar-refractivity contribution < 1.29 is 5.11 Å². The Morgan fingerprint density at radius 2 is 1.90 bits per heavy atom. The third-order valence-corrected chi connectivity index (χ3v) is 1.40.